The number of carbonyl (C=O) groups is 2. The molecular formula is C18H20N2O6S. The van der Waals surface area contributed by atoms with E-state index in [4.69, 9.17) is 4.42 Å². The number of carboxylic acids is 1. The van der Waals surface area contributed by atoms with Crippen LogP contribution in [0.1, 0.15) is 29.5 Å². The minimum atomic E-state index is -3.74. The first-order valence-electron chi connectivity index (χ1n) is 8.45. The zero-order valence-electron chi connectivity index (χ0n) is 14.7. The van der Waals surface area contributed by atoms with Crippen molar-refractivity contribution >= 4 is 21.9 Å². The summed E-state index contributed by atoms with van der Waals surface area (Å²) in [5.74, 6) is -1.32. The van der Waals surface area contributed by atoms with Gasteiger partial charge in [0.25, 0.3) is 5.91 Å². The Morgan fingerprint density at radius 3 is 2.52 bits per heavy atom. The molecule has 144 valence electrons. The number of rotatable bonds is 6. The molecule has 27 heavy (non-hydrogen) atoms. The number of carbonyl (C=O) groups excluding carboxylic acids is 1. The Morgan fingerprint density at radius 2 is 1.96 bits per heavy atom. The number of benzene rings is 1. The molecule has 0 saturated carbocycles. The molecule has 1 aromatic heterocycles. The van der Waals surface area contributed by atoms with Crippen LogP contribution in [0, 0.1) is 5.92 Å². The van der Waals surface area contributed by atoms with Crippen LogP contribution in [0.3, 0.4) is 0 Å². The number of carboxylic acid groups (broad SMARTS) is 1. The second-order valence-corrected chi connectivity index (χ2v) is 8.17. The van der Waals surface area contributed by atoms with Gasteiger partial charge >= 0.3 is 5.97 Å². The molecule has 1 aliphatic rings. The maximum Gasteiger partial charge on any atom is 0.308 e. The zero-order chi connectivity index (χ0) is 19.6. The van der Waals surface area contributed by atoms with Gasteiger partial charge in [0, 0.05) is 18.2 Å². The molecule has 8 nitrogen and oxygen atoms in total. The highest BCUT2D eigenvalue weighted by Crippen LogP contribution is 2.26. The molecule has 2 unspecified atom stereocenters. The number of aliphatic carboxylic acids is 1. The molecule has 1 aliphatic heterocycles. The van der Waals surface area contributed by atoms with Crippen molar-refractivity contribution in [2.24, 2.45) is 5.92 Å². The molecule has 2 heterocycles. The van der Waals surface area contributed by atoms with E-state index >= 15 is 0 Å². The van der Waals surface area contributed by atoms with Crippen LogP contribution in [-0.4, -0.2) is 42.9 Å². The first kappa shape index (κ1) is 19.1. The summed E-state index contributed by atoms with van der Waals surface area (Å²) < 4.78 is 32.2. The predicted octanol–water partition coefficient (Wildman–Crippen LogP) is 1.69. The first-order valence-corrected chi connectivity index (χ1v) is 9.94. The fourth-order valence-corrected chi connectivity index (χ4v) is 4.15. The Hall–Kier alpha value is -2.65. The van der Waals surface area contributed by atoms with Crippen LogP contribution in [-0.2, 0) is 21.4 Å². The normalized spacial score (nSPS) is 20.0. The maximum absolute atomic E-state index is 12.6. The van der Waals surface area contributed by atoms with E-state index in [0.29, 0.717) is 24.3 Å². The van der Waals surface area contributed by atoms with Crippen LogP contribution in [0.25, 0.3) is 0 Å². The fourth-order valence-electron chi connectivity index (χ4n) is 3.16. The largest absolute Gasteiger partial charge is 0.481 e. The number of furan rings is 1. The number of nitrogens with zero attached hydrogens (tertiary/aromatic N) is 1. The van der Waals surface area contributed by atoms with E-state index in [1.54, 1.807) is 19.1 Å². The molecule has 3 rings (SSSR count). The summed E-state index contributed by atoms with van der Waals surface area (Å²) >= 11 is 0. The number of hydrogen-bond acceptors (Lipinski definition) is 5. The highest BCUT2D eigenvalue weighted by molar-refractivity contribution is 7.89. The predicted molar refractivity (Wildman–Crippen MR) is 95.4 cm³/mol. The number of amides is 1. The summed E-state index contributed by atoms with van der Waals surface area (Å²) in [6.07, 6.45) is 1.86. The summed E-state index contributed by atoms with van der Waals surface area (Å²) in [6.45, 7) is 2.10. The third-order valence-electron chi connectivity index (χ3n) is 4.76. The summed E-state index contributed by atoms with van der Waals surface area (Å²) in [7, 11) is -3.74. The average molecular weight is 392 g/mol. The Kier molecular flexibility index (Phi) is 5.33. The Bertz CT molecular complexity index is 921. The molecule has 1 amide bonds. The molecule has 1 fully saturated rings. The van der Waals surface area contributed by atoms with Crippen LogP contribution in [0.4, 0.5) is 0 Å². The van der Waals surface area contributed by atoms with Gasteiger partial charge < -0.3 is 14.4 Å². The quantitative estimate of drug-likeness (QED) is 0.773. The molecule has 2 N–H and O–H groups in total. The topological polar surface area (TPSA) is 117 Å². The van der Waals surface area contributed by atoms with Crippen LogP contribution in [0.15, 0.2) is 52.0 Å². The van der Waals surface area contributed by atoms with Crippen LogP contribution >= 0.6 is 0 Å². The highest BCUT2D eigenvalue weighted by atomic mass is 32.2. The molecule has 0 spiro atoms. The second kappa shape index (κ2) is 7.53. The van der Waals surface area contributed by atoms with Gasteiger partial charge in [0.15, 0.2) is 0 Å². The first-order chi connectivity index (χ1) is 12.8. The van der Waals surface area contributed by atoms with E-state index in [0.717, 1.165) is 0 Å². The van der Waals surface area contributed by atoms with Crippen molar-refractivity contribution in [3.63, 3.8) is 0 Å². The van der Waals surface area contributed by atoms with E-state index in [1.807, 2.05) is 0 Å². The van der Waals surface area contributed by atoms with E-state index < -0.39 is 28.0 Å². The summed E-state index contributed by atoms with van der Waals surface area (Å²) in [4.78, 5) is 25.4. The lowest BCUT2D eigenvalue weighted by atomic mass is 10.0. The fraction of sp³-hybridized carbons (Fsp3) is 0.333. The molecule has 0 aliphatic carbocycles. The van der Waals surface area contributed by atoms with Gasteiger partial charge in [-0.05, 0) is 49.7 Å². The number of nitrogens with one attached hydrogen (secondary N) is 1. The molecule has 1 saturated heterocycles. The van der Waals surface area contributed by atoms with Crippen molar-refractivity contribution in [2.45, 2.75) is 30.8 Å². The van der Waals surface area contributed by atoms with Crippen LogP contribution in [0.2, 0.25) is 0 Å². The molecule has 0 radical (unpaired) electrons. The number of likely N-dealkylation sites (tertiary alicyclic amines) is 1. The Balaban J connectivity index is 1.69. The van der Waals surface area contributed by atoms with Gasteiger partial charge in [0.2, 0.25) is 10.0 Å². The lowest BCUT2D eigenvalue weighted by Gasteiger charge is -2.23. The van der Waals surface area contributed by atoms with Gasteiger partial charge in [0.1, 0.15) is 5.76 Å². The van der Waals surface area contributed by atoms with Crippen LogP contribution < -0.4 is 4.72 Å². The van der Waals surface area contributed by atoms with Crippen molar-refractivity contribution in [3.8, 4) is 0 Å². The minimum absolute atomic E-state index is 0.0257. The lowest BCUT2D eigenvalue weighted by Crippen LogP contribution is -2.37. The molecular weight excluding hydrogens is 372 g/mol. The highest BCUT2D eigenvalue weighted by Gasteiger charge is 2.38. The smallest absolute Gasteiger partial charge is 0.308 e. The molecule has 2 aromatic rings. The number of hydrogen-bond donors (Lipinski definition) is 2. The Morgan fingerprint density at radius 1 is 1.26 bits per heavy atom. The van der Waals surface area contributed by atoms with E-state index in [2.05, 4.69) is 4.72 Å². The SMILES string of the molecule is CC1C(C(=O)O)CCN1C(=O)c1ccc(S(=O)(=O)NCc2ccco2)cc1. The molecule has 2 atom stereocenters. The summed E-state index contributed by atoms with van der Waals surface area (Å²) in [6, 6.07) is 8.49. The van der Waals surface area contributed by atoms with Crippen molar-refractivity contribution in [1.29, 1.82) is 0 Å². The van der Waals surface area contributed by atoms with Crippen molar-refractivity contribution in [3.05, 3.63) is 54.0 Å². The second-order valence-electron chi connectivity index (χ2n) is 6.40. The minimum Gasteiger partial charge on any atom is -0.481 e. The molecule has 9 heteroatoms. The van der Waals surface area contributed by atoms with Crippen molar-refractivity contribution < 1.29 is 27.5 Å². The van der Waals surface area contributed by atoms with Crippen LogP contribution in [0.5, 0.6) is 0 Å². The van der Waals surface area contributed by atoms with Crippen molar-refractivity contribution in [1.82, 2.24) is 9.62 Å². The van der Waals surface area contributed by atoms with Gasteiger partial charge in [-0.25, -0.2) is 13.1 Å². The monoisotopic (exact) mass is 392 g/mol. The van der Waals surface area contributed by atoms with Gasteiger partial charge in [-0.1, -0.05) is 0 Å². The maximum atomic E-state index is 12.6. The van der Waals surface area contributed by atoms with E-state index in [9.17, 15) is 23.1 Å². The van der Waals surface area contributed by atoms with Gasteiger partial charge in [-0.3, -0.25) is 9.59 Å². The zero-order valence-corrected chi connectivity index (χ0v) is 15.5. The van der Waals surface area contributed by atoms with E-state index in [1.165, 1.54) is 35.4 Å². The van der Waals surface area contributed by atoms with E-state index in [-0.39, 0.29) is 17.3 Å². The van der Waals surface area contributed by atoms with Gasteiger partial charge in [-0.15, -0.1) is 0 Å². The standard InChI is InChI=1S/C18H20N2O6S/c1-12-16(18(22)23)8-9-20(12)17(21)13-4-6-15(7-5-13)27(24,25)19-11-14-3-2-10-26-14/h2-7,10,12,16,19H,8-9,11H2,1H3,(H,22,23). The number of sulfonamides is 1. The molecule has 1 aromatic carbocycles. The van der Waals surface area contributed by atoms with Gasteiger partial charge in [-0.2, -0.15) is 0 Å². The Labute approximate surface area is 156 Å². The van der Waals surface area contributed by atoms with Gasteiger partial charge in [0.05, 0.1) is 23.6 Å². The third-order valence-corrected chi connectivity index (χ3v) is 6.18. The molecule has 0 bridgehead atoms. The average Bonchev–Trinajstić information content (AvgIpc) is 3.29. The lowest BCUT2D eigenvalue weighted by molar-refractivity contribution is -0.142. The summed E-state index contributed by atoms with van der Waals surface area (Å²) in [5, 5.41) is 9.18. The van der Waals surface area contributed by atoms with Crippen molar-refractivity contribution in [2.75, 3.05) is 6.54 Å². The summed E-state index contributed by atoms with van der Waals surface area (Å²) in [5.41, 5.74) is 0.317. The third kappa shape index (κ3) is 4.04.